The molecule has 48 heavy (non-hydrogen) atoms. The molecule has 0 bridgehead atoms. The molecule has 1 atom stereocenters. The van der Waals surface area contributed by atoms with Gasteiger partial charge in [0.15, 0.2) is 0 Å². The first-order valence-corrected chi connectivity index (χ1v) is 16.7. The predicted molar refractivity (Wildman–Crippen MR) is 186 cm³/mol. The van der Waals surface area contributed by atoms with Crippen molar-refractivity contribution in [2.75, 3.05) is 31.2 Å². The summed E-state index contributed by atoms with van der Waals surface area (Å²) in [5, 5.41) is 0. The van der Waals surface area contributed by atoms with Gasteiger partial charge in [0.2, 0.25) is 11.8 Å². The molecule has 7 rings (SSSR count). The Hall–Kier alpha value is -5.14. The fourth-order valence-electron chi connectivity index (χ4n) is 6.56. The summed E-state index contributed by atoms with van der Waals surface area (Å²) in [6, 6.07) is 41.9. The second-order valence-corrected chi connectivity index (χ2v) is 12.6. The molecule has 7 nitrogen and oxygen atoms in total. The van der Waals surface area contributed by atoms with E-state index in [1.54, 1.807) is 12.1 Å². The van der Waals surface area contributed by atoms with Crippen LogP contribution in [0, 0.1) is 5.92 Å². The van der Waals surface area contributed by atoms with Crippen LogP contribution in [0.3, 0.4) is 0 Å². The van der Waals surface area contributed by atoms with E-state index in [1.807, 2.05) is 91.0 Å². The molecular weight excluding hydrogens is 600 g/mol. The lowest BCUT2D eigenvalue weighted by atomic mass is 9.85. The molecule has 2 fully saturated rings. The number of hydrogen-bond acceptors (Lipinski definition) is 7. The maximum atomic E-state index is 12.4. The van der Waals surface area contributed by atoms with Gasteiger partial charge in [-0.25, -0.2) is 4.79 Å². The summed E-state index contributed by atoms with van der Waals surface area (Å²) in [5.41, 5.74) is 5.74. The molecule has 2 saturated heterocycles. The van der Waals surface area contributed by atoms with Gasteiger partial charge >= 0.3 is 5.97 Å². The number of esters is 1. The van der Waals surface area contributed by atoms with Gasteiger partial charge in [0.05, 0.1) is 24.4 Å². The molecule has 0 N–H and O–H groups in total. The quantitative estimate of drug-likeness (QED) is 0.135. The Labute approximate surface area is 282 Å². The number of nitrogens with zero attached hydrogens (tertiary/aromatic N) is 2. The molecule has 1 aromatic heterocycles. The number of piperidine rings is 1. The van der Waals surface area contributed by atoms with Gasteiger partial charge in [0, 0.05) is 36.3 Å². The van der Waals surface area contributed by atoms with E-state index >= 15 is 0 Å². The minimum atomic E-state index is -0.271. The van der Waals surface area contributed by atoms with Crippen molar-refractivity contribution in [3.63, 3.8) is 0 Å². The van der Waals surface area contributed by atoms with E-state index < -0.39 is 0 Å². The van der Waals surface area contributed by atoms with Gasteiger partial charge in [-0.3, -0.25) is 0 Å². The third-order valence-corrected chi connectivity index (χ3v) is 9.25. The van der Waals surface area contributed by atoms with E-state index in [0.29, 0.717) is 43.8 Å². The summed E-state index contributed by atoms with van der Waals surface area (Å²) in [5.74, 6) is 1.02. The molecule has 2 aliphatic rings. The van der Waals surface area contributed by atoms with Crippen molar-refractivity contribution in [1.29, 1.82) is 0 Å². The van der Waals surface area contributed by atoms with Gasteiger partial charge in [0.1, 0.15) is 13.2 Å². The largest absolute Gasteiger partial charge is 0.473 e. The Bertz CT molecular complexity index is 1770. The van der Waals surface area contributed by atoms with E-state index in [-0.39, 0.29) is 17.5 Å². The molecule has 0 radical (unpaired) electrons. The van der Waals surface area contributed by atoms with E-state index in [0.717, 1.165) is 54.6 Å². The van der Waals surface area contributed by atoms with Crippen LogP contribution in [-0.4, -0.2) is 42.9 Å². The number of pyridine rings is 1. The summed E-state index contributed by atoms with van der Waals surface area (Å²) < 4.78 is 24.3. The second kappa shape index (κ2) is 14.7. The van der Waals surface area contributed by atoms with Crippen LogP contribution in [0.4, 0.5) is 5.69 Å². The molecule has 244 valence electrons. The smallest absolute Gasteiger partial charge is 0.338 e. The first-order chi connectivity index (χ1) is 23.6. The normalized spacial score (nSPS) is 16.8. The molecule has 0 amide bonds. The van der Waals surface area contributed by atoms with Crippen LogP contribution in [0.5, 0.6) is 11.8 Å². The topological polar surface area (TPSA) is 70.1 Å². The molecular formula is C41H40N2O5. The molecule has 1 unspecified atom stereocenters. The lowest BCUT2D eigenvalue weighted by molar-refractivity contribution is -0.0158. The number of carbonyl (C=O) groups is 1. The number of benzene rings is 4. The van der Waals surface area contributed by atoms with E-state index in [1.165, 1.54) is 5.69 Å². The fourth-order valence-corrected chi connectivity index (χ4v) is 6.56. The van der Waals surface area contributed by atoms with Crippen molar-refractivity contribution < 1.29 is 23.7 Å². The molecule has 7 heteroatoms. The Balaban J connectivity index is 0.974. The van der Waals surface area contributed by atoms with Crippen LogP contribution in [0.1, 0.15) is 40.7 Å². The van der Waals surface area contributed by atoms with Crippen LogP contribution in [0.15, 0.2) is 127 Å². The number of aromatic nitrogens is 1. The Kier molecular flexibility index (Phi) is 9.66. The maximum Gasteiger partial charge on any atom is 0.338 e. The standard InChI is InChI=1S/C41H40N2O5/c44-40(35-14-8-3-9-15-35)47-29-33-26-41(48-30-33)22-24-43(25-23-41)36-18-16-34(17-19-36)37-20-21-38(45-27-31-10-4-1-5-11-31)42-39(37)46-28-32-12-6-2-7-13-32/h1-21,33H,22-30H2. The van der Waals surface area contributed by atoms with Gasteiger partial charge in [-0.05, 0) is 66.3 Å². The third kappa shape index (κ3) is 7.69. The predicted octanol–water partition coefficient (Wildman–Crippen LogP) is 8.14. The van der Waals surface area contributed by atoms with Gasteiger partial charge in [-0.2, -0.15) is 4.98 Å². The van der Waals surface area contributed by atoms with Crippen molar-refractivity contribution in [3.8, 4) is 22.9 Å². The van der Waals surface area contributed by atoms with E-state index in [9.17, 15) is 4.79 Å². The highest BCUT2D eigenvalue weighted by atomic mass is 16.5. The van der Waals surface area contributed by atoms with Crippen molar-refractivity contribution in [1.82, 2.24) is 4.98 Å². The Morgan fingerprint density at radius 1 is 0.750 bits per heavy atom. The number of hydrogen-bond donors (Lipinski definition) is 0. The highest BCUT2D eigenvalue weighted by Crippen LogP contribution is 2.40. The molecule has 3 heterocycles. The molecule has 4 aromatic carbocycles. The number of carbonyl (C=O) groups excluding carboxylic acids is 1. The Morgan fingerprint density at radius 3 is 2.04 bits per heavy atom. The lowest BCUT2D eigenvalue weighted by Crippen LogP contribution is -2.44. The molecule has 0 aliphatic carbocycles. The van der Waals surface area contributed by atoms with Crippen LogP contribution >= 0.6 is 0 Å². The van der Waals surface area contributed by atoms with Gasteiger partial charge in [-0.1, -0.05) is 91.0 Å². The molecule has 5 aromatic rings. The molecule has 1 spiro atoms. The van der Waals surface area contributed by atoms with Crippen LogP contribution in [-0.2, 0) is 22.7 Å². The minimum absolute atomic E-state index is 0.138. The molecule has 0 saturated carbocycles. The summed E-state index contributed by atoms with van der Waals surface area (Å²) >= 11 is 0. The number of anilines is 1. The van der Waals surface area contributed by atoms with Gasteiger partial charge in [0.25, 0.3) is 0 Å². The lowest BCUT2D eigenvalue weighted by Gasteiger charge is -2.40. The van der Waals surface area contributed by atoms with Crippen LogP contribution in [0.25, 0.3) is 11.1 Å². The van der Waals surface area contributed by atoms with Crippen molar-refractivity contribution in [2.45, 2.75) is 38.1 Å². The monoisotopic (exact) mass is 640 g/mol. The average molecular weight is 641 g/mol. The second-order valence-electron chi connectivity index (χ2n) is 12.6. The van der Waals surface area contributed by atoms with Crippen molar-refractivity contribution in [3.05, 3.63) is 144 Å². The zero-order chi connectivity index (χ0) is 32.6. The van der Waals surface area contributed by atoms with Crippen molar-refractivity contribution >= 4 is 11.7 Å². The SMILES string of the molecule is O=C(OCC1COC2(CCN(c3ccc(-c4ccc(OCc5ccccc5)nc4OCc4ccccc4)cc3)CC2)C1)c1ccccc1. The first-order valence-electron chi connectivity index (χ1n) is 16.7. The highest BCUT2D eigenvalue weighted by molar-refractivity contribution is 5.89. The Morgan fingerprint density at radius 2 is 1.38 bits per heavy atom. The van der Waals surface area contributed by atoms with Crippen LogP contribution in [0.2, 0.25) is 0 Å². The van der Waals surface area contributed by atoms with Gasteiger partial charge in [-0.15, -0.1) is 0 Å². The number of rotatable bonds is 11. The summed E-state index contributed by atoms with van der Waals surface area (Å²) in [6.45, 7) is 3.70. The first kappa shape index (κ1) is 31.5. The maximum absolute atomic E-state index is 12.4. The number of ether oxygens (including phenoxy) is 4. The minimum Gasteiger partial charge on any atom is -0.473 e. The zero-order valence-corrected chi connectivity index (χ0v) is 27.0. The summed E-state index contributed by atoms with van der Waals surface area (Å²) in [6.07, 6.45) is 2.82. The highest BCUT2D eigenvalue weighted by Gasteiger charge is 2.43. The molecule has 2 aliphatic heterocycles. The average Bonchev–Trinajstić information content (AvgIpc) is 3.55. The summed E-state index contributed by atoms with van der Waals surface area (Å²) in [4.78, 5) is 19.6. The van der Waals surface area contributed by atoms with E-state index in [4.69, 9.17) is 23.9 Å². The van der Waals surface area contributed by atoms with Gasteiger partial charge < -0.3 is 23.8 Å². The fraction of sp³-hybridized carbons (Fsp3) is 0.268. The summed E-state index contributed by atoms with van der Waals surface area (Å²) in [7, 11) is 0. The van der Waals surface area contributed by atoms with Crippen LogP contribution < -0.4 is 14.4 Å². The third-order valence-electron chi connectivity index (χ3n) is 9.25. The van der Waals surface area contributed by atoms with Crippen molar-refractivity contribution in [2.24, 2.45) is 5.92 Å². The zero-order valence-electron chi connectivity index (χ0n) is 27.0. The van der Waals surface area contributed by atoms with E-state index in [2.05, 4.69) is 29.2 Å².